The molecule has 0 spiro atoms. The van der Waals surface area contributed by atoms with Crippen molar-refractivity contribution >= 4 is 23.4 Å². The van der Waals surface area contributed by atoms with Gasteiger partial charge in [0.2, 0.25) is 11.8 Å². The minimum Gasteiger partial charge on any atom is -0.273 e. The average Bonchev–Trinajstić information content (AvgIpc) is 2.58. The summed E-state index contributed by atoms with van der Waals surface area (Å²) < 4.78 is 0. The lowest BCUT2D eigenvalue weighted by atomic mass is 9.49. The molecule has 0 heterocycles. The standard InChI is InChI=1S/C21H27ClN2O2/c22-18-4-1-14(2-5-18)3-6-19(25)23-24-20(26)13-21-10-15-7-16(11-21)9-17(8-15)12-21/h1-2,4-5,15-17H,3,6-13H2,(H,23,25)(H,24,26). The Morgan fingerprint density at radius 3 is 2.04 bits per heavy atom. The number of amides is 2. The van der Waals surface area contributed by atoms with Crippen molar-refractivity contribution in [2.24, 2.45) is 23.2 Å². The molecule has 4 bridgehead atoms. The number of aryl methyl sites for hydroxylation is 1. The van der Waals surface area contributed by atoms with Crippen LogP contribution in [0.3, 0.4) is 0 Å². The topological polar surface area (TPSA) is 58.2 Å². The molecule has 4 saturated carbocycles. The minimum absolute atomic E-state index is 0.0354. The molecule has 0 unspecified atom stereocenters. The van der Waals surface area contributed by atoms with Gasteiger partial charge < -0.3 is 0 Å². The van der Waals surface area contributed by atoms with Crippen molar-refractivity contribution in [3.8, 4) is 0 Å². The molecule has 1 aromatic rings. The van der Waals surface area contributed by atoms with Crippen molar-refractivity contribution in [2.75, 3.05) is 0 Å². The summed E-state index contributed by atoms with van der Waals surface area (Å²) in [5.74, 6) is 2.32. The van der Waals surface area contributed by atoms with E-state index in [-0.39, 0.29) is 17.2 Å². The Bertz CT molecular complexity index is 650. The molecule has 0 saturated heterocycles. The molecule has 2 N–H and O–H groups in total. The summed E-state index contributed by atoms with van der Waals surface area (Å²) in [5, 5.41) is 0.690. The van der Waals surface area contributed by atoms with E-state index in [0.717, 1.165) is 23.3 Å². The molecule has 140 valence electrons. The number of hydrazine groups is 1. The number of carbonyl (C=O) groups excluding carboxylic acids is 2. The Labute approximate surface area is 160 Å². The van der Waals surface area contributed by atoms with E-state index in [1.54, 1.807) is 0 Å². The highest BCUT2D eigenvalue weighted by Crippen LogP contribution is 2.61. The van der Waals surface area contributed by atoms with Crippen LogP contribution in [0.4, 0.5) is 0 Å². The lowest BCUT2D eigenvalue weighted by Gasteiger charge is -2.56. The van der Waals surface area contributed by atoms with E-state index >= 15 is 0 Å². The fourth-order valence-corrected chi connectivity index (χ4v) is 6.13. The molecule has 0 aliphatic heterocycles. The van der Waals surface area contributed by atoms with Crippen molar-refractivity contribution in [1.29, 1.82) is 0 Å². The summed E-state index contributed by atoms with van der Waals surface area (Å²) in [7, 11) is 0. The molecule has 0 atom stereocenters. The largest absolute Gasteiger partial charge is 0.273 e. The summed E-state index contributed by atoms with van der Waals surface area (Å²) in [6.45, 7) is 0. The second kappa shape index (κ2) is 7.22. The third-order valence-electron chi connectivity index (χ3n) is 6.60. The Hall–Kier alpha value is -1.55. The maximum Gasteiger partial charge on any atom is 0.238 e. The van der Waals surface area contributed by atoms with Gasteiger partial charge in [-0.2, -0.15) is 0 Å². The van der Waals surface area contributed by atoms with Crippen LogP contribution in [-0.2, 0) is 16.0 Å². The summed E-state index contributed by atoms with van der Waals surface area (Å²) in [6, 6.07) is 7.48. The Morgan fingerprint density at radius 2 is 1.46 bits per heavy atom. The van der Waals surface area contributed by atoms with E-state index in [1.807, 2.05) is 24.3 Å². The van der Waals surface area contributed by atoms with Crippen LogP contribution in [0.2, 0.25) is 5.02 Å². The van der Waals surface area contributed by atoms with Gasteiger partial charge in [-0.15, -0.1) is 0 Å². The Balaban J connectivity index is 1.21. The molecule has 2 amide bonds. The molecule has 1 aromatic carbocycles. The third-order valence-corrected chi connectivity index (χ3v) is 6.85. The molecular formula is C21H27ClN2O2. The average molecular weight is 375 g/mol. The number of rotatable bonds is 5. The molecule has 4 nitrogen and oxygen atoms in total. The van der Waals surface area contributed by atoms with Crippen LogP contribution >= 0.6 is 11.6 Å². The number of carbonyl (C=O) groups is 2. The highest BCUT2D eigenvalue weighted by atomic mass is 35.5. The van der Waals surface area contributed by atoms with Crippen molar-refractivity contribution < 1.29 is 9.59 Å². The first kappa shape index (κ1) is 17.8. The predicted octanol–water partition coefficient (Wildman–Crippen LogP) is 4.03. The van der Waals surface area contributed by atoms with Crippen molar-refractivity contribution in [3.63, 3.8) is 0 Å². The molecule has 4 aliphatic carbocycles. The molecule has 0 radical (unpaired) electrons. The first-order valence-electron chi connectivity index (χ1n) is 9.82. The van der Waals surface area contributed by atoms with Gasteiger partial charge in [0.05, 0.1) is 0 Å². The number of hydrogen-bond acceptors (Lipinski definition) is 2. The minimum atomic E-state index is -0.154. The van der Waals surface area contributed by atoms with Crippen LogP contribution in [0.25, 0.3) is 0 Å². The normalized spacial score (nSPS) is 31.7. The molecule has 26 heavy (non-hydrogen) atoms. The lowest BCUT2D eigenvalue weighted by Crippen LogP contribution is -2.50. The fourth-order valence-electron chi connectivity index (χ4n) is 6.00. The maximum atomic E-state index is 12.4. The van der Waals surface area contributed by atoms with Gasteiger partial charge in [-0.3, -0.25) is 20.4 Å². The smallest absolute Gasteiger partial charge is 0.238 e. The highest BCUT2D eigenvalue weighted by Gasteiger charge is 2.51. The van der Waals surface area contributed by atoms with Crippen LogP contribution in [-0.4, -0.2) is 11.8 Å². The fraction of sp³-hybridized carbons (Fsp3) is 0.619. The number of hydrogen-bond donors (Lipinski definition) is 2. The van der Waals surface area contributed by atoms with Crippen LogP contribution in [0, 0.1) is 23.2 Å². The van der Waals surface area contributed by atoms with Crippen molar-refractivity contribution in [2.45, 2.75) is 57.8 Å². The van der Waals surface area contributed by atoms with Gasteiger partial charge in [0, 0.05) is 17.9 Å². The van der Waals surface area contributed by atoms with Crippen LogP contribution in [0.5, 0.6) is 0 Å². The first-order chi connectivity index (χ1) is 12.5. The quantitative estimate of drug-likeness (QED) is 0.764. The zero-order valence-corrected chi connectivity index (χ0v) is 15.9. The van der Waals surface area contributed by atoms with Crippen molar-refractivity contribution in [3.05, 3.63) is 34.9 Å². The van der Waals surface area contributed by atoms with Gasteiger partial charge in [0.1, 0.15) is 0 Å². The van der Waals surface area contributed by atoms with Crippen LogP contribution in [0.1, 0.15) is 56.9 Å². The predicted molar refractivity (Wildman–Crippen MR) is 101 cm³/mol. The van der Waals surface area contributed by atoms with E-state index in [0.29, 0.717) is 24.3 Å². The van der Waals surface area contributed by atoms with Gasteiger partial charge in [-0.25, -0.2) is 0 Å². The summed E-state index contributed by atoms with van der Waals surface area (Å²) >= 11 is 5.86. The van der Waals surface area contributed by atoms with E-state index in [4.69, 9.17) is 11.6 Å². The number of nitrogens with one attached hydrogen (secondary N) is 2. The Kier molecular flexibility index (Phi) is 4.96. The first-order valence-corrected chi connectivity index (χ1v) is 10.2. The molecule has 4 aliphatic rings. The van der Waals surface area contributed by atoms with E-state index in [2.05, 4.69) is 10.9 Å². The van der Waals surface area contributed by atoms with Gasteiger partial charge in [-0.05, 0) is 85.8 Å². The molecular weight excluding hydrogens is 348 g/mol. The van der Waals surface area contributed by atoms with Gasteiger partial charge in [0.15, 0.2) is 0 Å². The van der Waals surface area contributed by atoms with Crippen LogP contribution in [0.15, 0.2) is 24.3 Å². The zero-order chi connectivity index (χ0) is 18.1. The number of halogens is 1. The summed E-state index contributed by atoms with van der Waals surface area (Å²) in [6.07, 6.45) is 9.29. The lowest BCUT2D eigenvalue weighted by molar-refractivity contribution is -0.134. The van der Waals surface area contributed by atoms with E-state index in [1.165, 1.54) is 38.5 Å². The van der Waals surface area contributed by atoms with E-state index in [9.17, 15) is 9.59 Å². The summed E-state index contributed by atoms with van der Waals surface area (Å²) in [4.78, 5) is 24.4. The summed E-state index contributed by atoms with van der Waals surface area (Å²) in [5.41, 5.74) is 6.49. The van der Waals surface area contributed by atoms with Gasteiger partial charge in [-0.1, -0.05) is 23.7 Å². The Morgan fingerprint density at radius 1 is 0.923 bits per heavy atom. The second-order valence-corrected chi connectivity index (χ2v) is 9.25. The zero-order valence-electron chi connectivity index (χ0n) is 15.1. The molecule has 4 fully saturated rings. The third kappa shape index (κ3) is 4.06. The van der Waals surface area contributed by atoms with Gasteiger partial charge >= 0.3 is 0 Å². The maximum absolute atomic E-state index is 12.4. The SMILES string of the molecule is O=C(CCc1ccc(Cl)cc1)NNC(=O)CC12CC3CC(CC(C3)C1)C2. The van der Waals surface area contributed by atoms with E-state index < -0.39 is 0 Å². The monoisotopic (exact) mass is 374 g/mol. The van der Waals surface area contributed by atoms with Crippen LogP contribution < -0.4 is 10.9 Å². The molecule has 5 rings (SSSR count). The molecule has 5 heteroatoms. The number of benzene rings is 1. The second-order valence-electron chi connectivity index (χ2n) is 8.82. The van der Waals surface area contributed by atoms with Crippen molar-refractivity contribution in [1.82, 2.24) is 10.9 Å². The highest BCUT2D eigenvalue weighted by molar-refractivity contribution is 6.30. The van der Waals surface area contributed by atoms with Gasteiger partial charge in [0.25, 0.3) is 0 Å². The molecule has 0 aromatic heterocycles.